The van der Waals surface area contributed by atoms with Gasteiger partial charge in [-0.3, -0.25) is 4.79 Å². The standard InChI is InChI=1S/C8H5BrClFO/c1-4-2-6(9)7(10)8(11)5(4)3-12/h2-3H,1H3. The Morgan fingerprint density at radius 1 is 1.67 bits per heavy atom. The summed E-state index contributed by atoms with van der Waals surface area (Å²) in [5.74, 6) is -0.668. The largest absolute Gasteiger partial charge is 0.298 e. The van der Waals surface area contributed by atoms with Crippen LogP contribution in [0.1, 0.15) is 15.9 Å². The van der Waals surface area contributed by atoms with E-state index in [1.54, 1.807) is 13.0 Å². The van der Waals surface area contributed by atoms with Crippen molar-refractivity contribution in [1.29, 1.82) is 0 Å². The van der Waals surface area contributed by atoms with Gasteiger partial charge >= 0.3 is 0 Å². The van der Waals surface area contributed by atoms with E-state index < -0.39 is 5.82 Å². The first-order chi connectivity index (χ1) is 5.57. The van der Waals surface area contributed by atoms with Crippen molar-refractivity contribution in [3.63, 3.8) is 0 Å². The van der Waals surface area contributed by atoms with Crippen LogP contribution in [0.15, 0.2) is 10.5 Å². The molecule has 0 radical (unpaired) electrons. The topological polar surface area (TPSA) is 17.1 Å². The van der Waals surface area contributed by atoms with E-state index in [0.717, 1.165) is 0 Å². The molecule has 1 nitrogen and oxygen atoms in total. The molecule has 0 unspecified atom stereocenters. The number of aryl methyl sites for hydroxylation is 1. The zero-order chi connectivity index (χ0) is 9.30. The second-order valence-corrected chi connectivity index (χ2v) is 3.57. The highest BCUT2D eigenvalue weighted by Gasteiger charge is 2.12. The summed E-state index contributed by atoms with van der Waals surface area (Å²) >= 11 is 8.63. The van der Waals surface area contributed by atoms with Crippen LogP contribution in [-0.2, 0) is 0 Å². The number of carbonyl (C=O) groups excluding carboxylic acids is 1. The summed E-state index contributed by atoms with van der Waals surface area (Å²) in [6.07, 6.45) is 0.461. The summed E-state index contributed by atoms with van der Waals surface area (Å²) in [6, 6.07) is 1.61. The second kappa shape index (κ2) is 3.54. The molecule has 0 saturated carbocycles. The minimum atomic E-state index is -0.668. The first kappa shape index (κ1) is 9.68. The number of aldehydes is 1. The molecule has 0 N–H and O–H groups in total. The molecule has 1 aromatic carbocycles. The molecular formula is C8H5BrClFO. The third-order valence-corrected chi connectivity index (χ3v) is 2.75. The van der Waals surface area contributed by atoms with Gasteiger partial charge in [-0.2, -0.15) is 0 Å². The summed E-state index contributed by atoms with van der Waals surface area (Å²) in [7, 11) is 0. The van der Waals surface area contributed by atoms with Crippen LogP contribution in [0.5, 0.6) is 0 Å². The van der Waals surface area contributed by atoms with E-state index in [0.29, 0.717) is 16.3 Å². The van der Waals surface area contributed by atoms with Gasteiger partial charge in [0.05, 0.1) is 10.6 Å². The molecule has 0 heterocycles. The molecule has 1 rings (SSSR count). The molecule has 0 fully saturated rings. The van der Waals surface area contributed by atoms with Gasteiger partial charge < -0.3 is 0 Å². The molecule has 0 aliphatic heterocycles. The van der Waals surface area contributed by atoms with Crippen molar-refractivity contribution in [2.75, 3.05) is 0 Å². The van der Waals surface area contributed by atoms with E-state index in [-0.39, 0.29) is 10.6 Å². The van der Waals surface area contributed by atoms with E-state index in [1.807, 2.05) is 0 Å². The van der Waals surface area contributed by atoms with Crippen molar-refractivity contribution in [3.05, 3.63) is 32.5 Å². The minimum Gasteiger partial charge on any atom is -0.298 e. The van der Waals surface area contributed by atoms with Crippen LogP contribution in [0.2, 0.25) is 5.02 Å². The highest BCUT2D eigenvalue weighted by atomic mass is 79.9. The summed E-state index contributed by atoms with van der Waals surface area (Å²) in [4.78, 5) is 10.4. The Labute approximate surface area is 82.7 Å². The molecule has 0 atom stereocenters. The zero-order valence-corrected chi connectivity index (χ0v) is 8.54. The molecule has 0 amide bonds. The molecule has 12 heavy (non-hydrogen) atoms. The third-order valence-electron chi connectivity index (χ3n) is 1.52. The van der Waals surface area contributed by atoms with E-state index >= 15 is 0 Å². The van der Waals surface area contributed by atoms with Crippen molar-refractivity contribution < 1.29 is 9.18 Å². The van der Waals surface area contributed by atoms with Crippen LogP contribution in [0.3, 0.4) is 0 Å². The maximum atomic E-state index is 13.1. The Morgan fingerprint density at radius 2 is 2.25 bits per heavy atom. The predicted molar refractivity (Wildman–Crippen MR) is 49.2 cm³/mol. The fraction of sp³-hybridized carbons (Fsp3) is 0.125. The molecule has 0 spiro atoms. The number of carbonyl (C=O) groups is 1. The number of rotatable bonds is 1. The highest BCUT2D eigenvalue weighted by Crippen LogP contribution is 2.29. The van der Waals surface area contributed by atoms with Gasteiger partial charge in [0.25, 0.3) is 0 Å². The van der Waals surface area contributed by atoms with E-state index in [9.17, 15) is 9.18 Å². The van der Waals surface area contributed by atoms with Crippen molar-refractivity contribution in [2.24, 2.45) is 0 Å². The van der Waals surface area contributed by atoms with Gasteiger partial charge in [-0.1, -0.05) is 11.6 Å². The maximum Gasteiger partial charge on any atom is 0.153 e. The van der Waals surface area contributed by atoms with Crippen molar-refractivity contribution in [3.8, 4) is 0 Å². The number of hydrogen-bond acceptors (Lipinski definition) is 1. The quantitative estimate of drug-likeness (QED) is 0.552. The Balaban J connectivity index is 3.51. The van der Waals surface area contributed by atoms with Gasteiger partial charge in [-0.15, -0.1) is 0 Å². The summed E-state index contributed by atoms with van der Waals surface area (Å²) < 4.78 is 13.6. The first-order valence-corrected chi connectivity index (χ1v) is 4.34. The lowest BCUT2D eigenvalue weighted by molar-refractivity contribution is 0.111. The van der Waals surface area contributed by atoms with Gasteiger partial charge in [-0.25, -0.2) is 4.39 Å². The fourth-order valence-electron chi connectivity index (χ4n) is 0.872. The lowest BCUT2D eigenvalue weighted by atomic mass is 10.1. The number of halogens is 3. The molecule has 64 valence electrons. The van der Waals surface area contributed by atoms with Gasteiger partial charge in [0.2, 0.25) is 0 Å². The first-order valence-electron chi connectivity index (χ1n) is 3.17. The summed E-state index contributed by atoms with van der Waals surface area (Å²) in [5.41, 5.74) is 0.585. The molecular weight excluding hydrogens is 246 g/mol. The normalized spacial score (nSPS) is 10.0. The van der Waals surface area contributed by atoms with Gasteiger partial charge in [-0.05, 0) is 34.5 Å². The van der Waals surface area contributed by atoms with Crippen LogP contribution in [0.4, 0.5) is 4.39 Å². The number of benzene rings is 1. The lowest BCUT2D eigenvalue weighted by Gasteiger charge is -2.03. The van der Waals surface area contributed by atoms with Crippen LogP contribution in [0, 0.1) is 12.7 Å². The zero-order valence-electron chi connectivity index (χ0n) is 6.20. The molecule has 0 aliphatic rings. The predicted octanol–water partition coefficient (Wildman–Crippen LogP) is 3.36. The Kier molecular flexibility index (Phi) is 2.85. The number of hydrogen-bond donors (Lipinski definition) is 0. The van der Waals surface area contributed by atoms with Gasteiger partial charge in [0, 0.05) is 4.47 Å². The molecule has 0 aliphatic carbocycles. The average molecular weight is 251 g/mol. The van der Waals surface area contributed by atoms with Gasteiger partial charge in [0.1, 0.15) is 0 Å². The summed E-state index contributed by atoms with van der Waals surface area (Å²) in [5, 5.41) is -0.0531. The minimum absolute atomic E-state index is 0.0169. The Morgan fingerprint density at radius 3 is 2.75 bits per heavy atom. The maximum absolute atomic E-state index is 13.1. The van der Waals surface area contributed by atoms with E-state index in [4.69, 9.17) is 11.6 Å². The van der Waals surface area contributed by atoms with Crippen molar-refractivity contribution >= 4 is 33.8 Å². The lowest BCUT2D eigenvalue weighted by Crippen LogP contribution is -1.93. The van der Waals surface area contributed by atoms with Crippen LogP contribution in [0.25, 0.3) is 0 Å². The average Bonchev–Trinajstić information content (AvgIpc) is 2.01. The van der Waals surface area contributed by atoms with Gasteiger partial charge in [0.15, 0.2) is 12.1 Å². The fourth-order valence-corrected chi connectivity index (χ4v) is 1.55. The molecule has 1 aromatic rings. The molecule has 0 bridgehead atoms. The molecule has 0 saturated heterocycles. The summed E-state index contributed by atoms with van der Waals surface area (Å²) in [6.45, 7) is 1.65. The molecule has 0 aromatic heterocycles. The highest BCUT2D eigenvalue weighted by molar-refractivity contribution is 9.10. The SMILES string of the molecule is Cc1cc(Br)c(Cl)c(F)c1C=O. The smallest absolute Gasteiger partial charge is 0.153 e. The van der Waals surface area contributed by atoms with Crippen molar-refractivity contribution in [1.82, 2.24) is 0 Å². The van der Waals surface area contributed by atoms with Crippen molar-refractivity contribution in [2.45, 2.75) is 6.92 Å². The third kappa shape index (κ3) is 1.52. The van der Waals surface area contributed by atoms with E-state index in [1.165, 1.54) is 0 Å². The monoisotopic (exact) mass is 250 g/mol. The van der Waals surface area contributed by atoms with Crippen LogP contribution < -0.4 is 0 Å². The van der Waals surface area contributed by atoms with Crippen LogP contribution in [-0.4, -0.2) is 6.29 Å². The Hall–Kier alpha value is -0.410. The second-order valence-electron chi connectivity index (χ2n) is 2.33. The van der Waals surface area contributed by atoms with Crippen LogP contribution >= 0.6 is 27.5 Å². The Bertz CT molecular complexity index is 338. The van der Waals surface area contributed by atoms with E-state index in [2.05, 4.69) is 15.9 Å². The molecule has 4 heteroatoms.